The third-order valence-corrected chi connectivity index (χ3v) is 4.70. The molecule has 0 amide bonds. The highest BCUT2D eigenvalue weighted by atomic mass is 15.0. The number of benzene rings is 2. The lowest BCUT2D eigenvalue weighted by Crippen LogP contribution is -2.06. The van der Waals surface area contributed by atoms with Gasteiger partial charge in [0.15, 0.2) is 0 Å². The second kappa shape index (κ2) is 11.3. The van der Waals surface area contributed by atoms with E-state index >= 15 is 0 Å². The van der Waals surface area contributed by atoms with E-state index in [1.54, 1.807) is 12.4 Å². The van der Waals surface area contributed by atoms with Crippen LogP contribution in [0.5, 0.6) is 0 Å². The smallest absolute Gasteiger partial charge is 0.127 e. The summed E-state index contributed by atoms with van der Waals surface area (Å²) < 4.78 is 0. The minimum Gasteiger partial charge on any atom is -0.362 e. The molecular weight excluding hydrogens is 408 g/mol. The second-order valence-corrected chi connectivity index (χ2v) is 7.28. The van der Waals surface area contributed by atoms with Crippen molar-refractivity contribution in [2.24, 2.45) is 20.0 Å². The number of amidine groups is 2. The van der Waals surface area contributed by atoms with Gasteiger partial charge >= 0.3 is 0 Å². The maximum absolute atomic E-state index is 4.77. The number of rotatable bonds is 6. The van der Waals surface area contributed by atoms with E-state index in [1.165, 1.54) is 6.34 Å². The Morgan fingerprint density at radius 1 is 0.727 bits per heavy atom. The fourth-order valence-corrected chi connectivity index (χ4v) is 3.30. The molecule has 0 aliphatic carbocycles. The zero-order valence-corrected chi connectivity index (χ0v) is 19.2. The number of nitrogens with zero attached hydrogens (tertiary/aromatic N) is 4. The standard InChI is InChI=1S/C27H28N6/c1-6-28-24-14-10-8-12-22(24)26-16-19(3)17-27(23-13-9-11-15-25(23)29-7-2)33-21(5)31-18-30-20(4)32-26/h6-18,28-29H,1-2H2,3-5H3/b19-16+,19-17?,26-16?,27-17-,30-18?,30-20?,31-18?,31-21?,32-20?,32-26?,33-21?,33-27?. The molecule has 0 saturated carbocycles. The van der Waals surface area contributed by atoms with Crippen LogP contribution in [-0.2, 0) is 0 Å². The quantitative estimate of drug-likeness (QED) is 0.546. The molecule has 2 N–H and O–H groups in total. The molecule has 2 aromatic rings. The number of aliphatic imine (C=N–C) groups is 4. The Bertz CT molecular complexity index is 1170. The maximum atomic E-state index is 4.77. The molecule has 1 heterocycles. The van der Waals surface area contributed by atoms with Crippen molar-refractivity contribution in [3.63, 3.8) is 0 Å². The van der Waals surface area contributed by atoms with Crippen molar-refractivity contribution in [3.05, 3.63) is 103 Å². The third-order valence-electron chi connectivity index (χ3n) is 4.70. The lowest BCUT2D eigenvalue weighted by molar-refractivity contribution is 1.40. The summed E-state index contributed by atoms with van der Waals surface area (Å²) in [5.41, 5.74) is 6.18. The number of hydrogen-bond donors (Lipinski definition) is 2. The van der Waals surface area contributed by atoms with Gasteiger partial charge in [0, 0.05) is 22.5 Å². The first-order chi connectivity index (χ1) is 16.0. The highest BCUT2D eigenvalue weighted by Crippen LogP contribution is 2.27. The van der Waals surface area contributed by atoms with Gasteiger partial charge in [-0.1, -0.05) is 49.6 Å². The Labute approximate surface area is 195 Å². The van der Waals surface area contributed by atoms with Gasteiger partial charge in [0.2, 0.25) is 0 Å². The molecule has 6 heteroatoms. The fraction of sp³-hybridized carbons (Fsp3) is 0.111. The summed E-state index contributed by atoms with van der Waals surface area (Å²) >= 11 is 0. The van der Waals surface area contributed by atoms with E-state index in [2.05, 4.69) is 33.8 Å². The van der Waals surface area contributed by atoms with E-state index in [0.717, 1.165) is 39.5 Å². The van der Waals surface area contributed by atoms with Crippen LogP contribution in [0.2, 0.25) is 0 Å². The molecule has 0 bridgehead atoms. The monoisotopic (exact) mass is 436 g/mol. The molecule has 166 valence electrons. The zero-order chi connectivity index (χ0) is 23.6. The van der Waals surface area contributed by atoms with Gasteiger partial charge in [0.1, 0.15) is 18.0 Å². The van der Waals surface area contributed by atoms with Crippen LogP contribution in [0, 0.1) is 0 Å². The van der Waals surface area contributed by atoms with Gasteiger partial charge in [-0.05, 0) is 63.0 Å². The van der Waals surface area contributed by atoms with Crippen LogP contribution in [0.25, 0.3) is 5.70 Å². The van der Waals surface area contributed by atoms with E-state index in [-0.39, 0.29) is 0 Å². The van der Waals surface area contributed by atoms with Gasteiger partial charge in [0.25, 0.3) is 0 Å². The molecule has 2 aromatic carbocycles. The van der Waals surface area contributed by atoms with Crippen LogP contribution in [-0.4, -0.2) is 23.7 Å². The minimum atomic E-state index is 0.587. The Hall–Kier alpha value is -4.32. The lowest BCUT2D eigenvalue weighted by Gasteiger charge is -2.12. The van der Waals surface area contributed by atoms with Crippen molar-refractivity contribution in [2.45, 2.75) is 20.8 Å². The first-order valence-electron chi connectivity index (χ1n) is 10.6. The number of allylic oxidation sites excluding steroid dienone is 3. The molecule has 0 aromatic heterocycles. The van der Waals surface area contributed by atoms with Gasteiger partial charge < -0.3 is 10.6 Å². The Morgan fingerprint density at radius 3 is 2.00 bits per heavy atom. The van der Waals surface area contributed by atoms with Crippen molar-refractivity contribution < 1.29 is 0 Å². The van der Waals surface area contributed by atoms with E-state index in [4.69, 9.17) is 9.98 Å². The third kappa shape index (κ3) is 6.33. The van der Waals surface area contributed by atoms with Crippen molar-refractivity contribution in [3.8, 4) is 0 Å². The summed E-state index contributed by atoms with van der Waals surface area (Å²) in [5.74, 6) is 1.17. The van der Waals surface area contributed by atoms with Gasteiger partial charge in [0.05, 0.1) is 11.4 Å². The van der Waals surface area contributed by atoms with Crippen LogP contribution in [0.4, 0.5) is 11.4 Å². The minimum absolute atomic E-state index is 0.587. The van der Waals surface area contributed by atoms with E-state index in [9.17, 15) is 0 Å². The molecule has 1 aliphatic heterocycles. The van der Waals surface area contributed by atoms with Crippen molar-refractivity contribution >= 4 is 40.8 Å². The fourth-order valence-electron chi connectivity index (χ4n) is 3.30. The maximum Gasteiger partial charge on any atom is 0.127 e. The Balaban J connectivity index is 2.21. The van der Waals surface area contributed by atoms with E-state index in [1.807, 2.05) is 81.5 Å². The Kier molecular flexibility index (Phi) is 8.02. The van der Waals surface area contributed by atoms with Crippen LogP contribution in [0.1, 0.15) is 31.9 Å². The molecule has 0 radical (unpaired) electrons. The van der Waals surface area contributed by atoms with Crippen molar-refractivity contribution in [2.75, 3.05) is 10.6 Å². The molecule has 6 nitrogen and oxygen atoms in total. The van der Waals surface area contributed by atoms with Crippen LogP contribution in [0.15, 0.2) is 112 Å². The first kappa shape index (κ1) is 23.3. The van der Waals surface area contributed by atoms with E-state index in [0.29, 0.717) is 11.7 Å². The molecule has 3 rings (SSSR count). The predicted octanol–water partition coefficient (Wildman–Crippen LogP) is 6.45. The van der Waals surface area contributed by atoms with Crippen molar-refractivity contribution in [1.29, 1.82) is 0 Å². The molecule has 0 atom stereocenters. The van der Waals surface area contributed by atoms with Gasteiger partial charge in [-0.2, -0.15) is 0 Å². The van der Waals surface area contributed by atoms with Crippen LogP contribution >= 0.6 is 0 Å². The van der Waals surface area contributed by atoms with Gasteiger partial charge in [-0.3, -0.25) is 0 Å². The topological polar surface area (TPSA) is 73.5 Å². The SMILES string of the molecule is C=CNc1ccccc1C1=NC(C)=NC=NC(C)=N/C(c2ccccc2NC=C)=C\C(C)=C\1. The highest BCUT2D eigenvalue weighted by molar-refractivity contribution is 6.17. The number of para-hydroxylation sites is 2. The summed E-state index contributed by atoms with van der Waals surface area (Å²) in [6.45, 7) is 13.3. The lowest BCUT2D eigenvalue weighted by atomic mass is 10.0. The average Bonchev–Trinajstić information content (AvgIpc) is 2.79. The highest BCUT2D eigenvalue weighted by Gasteiger charge is 2.10. The van der Waals surface area contributed by atoms with Gasteiger partial charge in [-0.15, -0.1) is 0 Å². The van der Waals surface area contributed by atoms with Crippen LogP contribution < -0.4 is 10.6 Å². The summed E-state index contributed by atoms with van der Waals surface area (Å²) in [4.78, 5) is 18.3. The number of hydrogen-bond acceptors (Lipinski definition) is 6. The summed E-state index contributed by atoms with van der Waals surface area (Å²) in [7, 11) is 0. The summed E-state index contributed by atoms with van der Waals surface area (Å²) in [5, 5.41) is 6.37. The molecule has 0 unspecified atom stereocenters. The summed E-state index contributed by atoms with van der Waals surface area (Å²) in [6, 6.07) is 15.9. The molecule has 1 aliphatic rings. The molecule has 33 heavy (non-hydrogen) atoms. The Morgan fingerprint density at radius 2 is 1.33 bits per heavy atom. The zero-order valence-electron chi connectivity index (χ0n) is 19.2. The van der Waals surface area contributed by atoms with E-state index < -0.39 is 0 Å². The molecule has 0 saturated heterocycles. The normalized spacial score (nSPS) is 17.5. The van der Waals surface area contributed by atoms with Crippen molar-refractivity contribution in [1.82, 2.24) is 0 Å². The predicted molar refractivity (Wildman–Crippen MR) is 144 cm³/mol. The molecule has 0 spiro atoms. The molecule has 0 fully saturated rings. The second-order valence-electron chi connectivity index (χ2n) is 7.28. The van der Waals surface area contributed by atoms with Crippen LogP contribution in [0.3, 0.4) is 0 Å². The average molecular weight is 437 g/mol. The molecular formula is C27H28N6. The number of anilines is 2. The summed E-state index contributed by atoms with van der Waals surface area (Å²) in [6.07, 6.45) is 8.83. The largest absolute Gasteiger partial charge is 0.362 e. The number of nitrogens with one attached hydrogen (secondary N) is 2. The van der Waals surface area contributed by atoms with Gasteiger partial charge in [-0.25, -0.2) is 20.0 Å². The first-order valence-corrected chi connectivity index (χ1v) is 10.6.